The van der Waals surface area contributed by atoms with Gasteiger partial charge in [0.15, 0.2) is 11.6 Å². The first-order valence-corrected chi connectivity index (χ1v) is 5.59. The van der Waals surface area contributed by atoms with Crippen molar-refractivity contribution in [1.29, 1.82) is 0 Å². The fraction of sp³-hybridized carbons (Fsp3) is 0.455. The molecule has 1 aliphatic rings. The van der Waals surface area contributed by atoms with Gasteiger partial charge in [-0.25, -0.2) is 4.98 Å². The largest absolute Gasteiger partial charge is 0.492 e. The van der Waals surface area contributed by atoms with Crippen molar-refractivity contribution in [2.75, 3.05) is 38.3 Å². The lowest BCUT2D eigenvalue weighted by molar-refractivity contribution is 0.122. The van der Waals surface area contributed by atoms with Gasteiger partial charge in [-0.3, -0.25) is 5.10 Å². The molecule has 0 atom stereocenters. The molecule has 90 valence electrons. The van der Waals surface area contributed by atoms with Crippen LogP contribution in [0, 0.1) is 0 Å². The summed E-state index contributed by atoms with van der Waals surface area (Å²) >= 11 is 0. The van der Waals surface area contributed by atoms with Gasteiger partial charge in [0.2, 0.25) is 0 Å². The van der Waals surface area contributed by atoms with Crippen LogP contribution in [0.4, 0.5) is 5.82 Å². The van der Waals surface area contributed by atoms with Crippen molar-refractivity contribution in [3.05, 3.63) is 12.4 Å². The van der Waals surface area contributed by atoms with Crippen molar-refractivity contribution in [3.63, 3.8) is 0 Å². The number of hydrogen-bond donors (Lipinski definition) is 1. The van der Waals surface area contributed by atoms with Crippen LogP contribution in [0.3, 0.4) is 0 Å². The second-order valence-corrected chi connectivity index (χ2v) is 3.91. The highest BCUT2D eigenvalue weighted by atomic mass is 16.5. The molecule has 0 aliphatic carbocycles. The number of H-pyrrole nitrogens is 1. The summed E-state index contributed by atoms with van der Waals surface area (Å²) in [6, 6.07) is 0. The van der Waals surface area contributed by atoms with Gasteiger partial charge in [0, 0.05) is 13.1 Å². The monoisotopic (exact) mass is 234 g/mol. The average Bonchev–Trinajstić information content (AvgIpc) is 2.86. The first-order valence-electron chi connectivity index (χ1n) is 5.59. The zero-order valence-electron chi connectivity index (χ0n) is 9.64. The molecule has 0 bridgehead atoms. The number of fused-ring (bicyclic) bond motifs is 1. The highest BCUT2D eigenvalue weighted by Crippen LogP contribution is 2.33. The van der Waals surface area contributed by atoms with Crippen LogP contribution in [0.25, 0.3) is 10.9 Å². The van der Waals surface area contributed by atoms with Crippen molar-refractivity contribution in [2.24, 2.45) is 0 Å². The standard InChI is InChI=1S/C11H14N4O2/c1-16-10-8-6-13-14-9(8)7-12-11(10)15-2-4-17-5-3-15/h6-7H,2-5H2,1H3,(H,13,14). The van der Waals surface area contributed by atoms with E-state index in [1.165, 1.54) is 0 Å². The first-order chi connectivity index (χ1) is 8.40. The Kier molecular flexibility index (Phi) is 2.56. The minimum absolute atomic E-state index is 0.730. The smallest absolute Gasteiger partial charge is 0.172 e. The zero-order chi connectivity index (χ0) is 11.7. The molecule has 3 heterocycles. The Hall–Kier alpha value is -1.82. The number of nitrogens with one attached hydrogen (secondary N) is 1. The van der Waals surface area contributed by atoms with Gasteiger partial charge in [0.25, 0.3) is 0 Å². The number of aromatic amines is 1. The van der Waals surface area contributed by atoms with Gasteiger partial charge in [0.1, 0.15) is 0 Å². The number of aromatic nitrogens is 3. The van der Waals surface area contributed by atoms with Crippen LogP contribution in [-0.2, 0) is 4.74 Å². The minimum Gasteiger partial charge on any atom is -0.492 e. The Morgan fingerprint density at radius 1 is 1.35 bits per heavy atom. The molecule has 3 rings (SSSR count). The zero-order valence-corrected chi connectivity index (χ0v) is 9.64. The molecule has 1 N–H and O–H groups in total. The molecule has 17 heavy (non-hydrogen) atoms. The maximum Gasteiger partial charge on any atom is 0.172 e. The summed E-state index contributed by atoms with van der Waals surface area (Å²) in [6.07, 6.45) is 3.55. The topological polar surface area (TPSA) is 63.3 Å². The van der Waals surface area contributed by atoms with Crippen molar-refractivity contribution < 1.29 is 9.47 Å². The molecule has 0 unspecified atom stereocenters. The van der Waals surface area contributed by atoms with Crippen LogP contribution < -0.4 is 9.64 Å². The van der Waals surface area contributed by atoms with Crippen molar-refractivity contribution in [1.82, 2.24) is 15.2 Å². The second kappa shape index (κ2) is 4.21. The average molecular weight is 234 g/mol. The Bertz CT molecular complexity index is 519. The van der Waals surface area contributed by atoms with Crippen LogP contribution in [0.1, 0.15) is 0 Å². The lowest BCUT2D eigenvalue weighted by atomic mass is 10.2. The lowest BCUT2D eigenvalue weighted by Crippen LogP contribution is -2.37. The summed E-state index contributed by atoms with van der Waals surface area (Å²) in [5, 5.41) is 7.86. The molecule has 0 saturated carbocycles. The third-order valence-electron chi connectivity index (χ3n) is 2.95. The maximum atomic E-state index is 5.47. The highest BCUT2D eigenvalue weighted by molar-refractivity contribution is 5.88. The lowest BCUT2D eigenvalue weighted by Gasteiger charge is -2.28. The summed E-state index contributed by atoms with van der Waals surface area (Å²) in [7, 11) is 1.66. The van der Waals surface area contributed by atoms with E-state index in [-0.39, 0.29) is 0 Å². The van der Waals surface area contributed by atoms with E-state index < -0.39 is 0 Å². The molecule has 6 heteroatoms. The van der Waals surface area contributed by atoms with Crippen LogP contribution in [0.2, 0.25) is 0 Å². The number of rotatable bonds is 2. The minimum atomic E-state index is 0.730. The van der Waals surface area contributed by atoms with E-state index in [0.717, 1.165) is 48.8 Å². The van der Waals surface area contributed by atoms with Crippen LogP contribution >= 0.6 is 0 Å². The molecule has 2 aromatic rings. The molecule has 1 fully saturated rings. The summed E-state index contributed by atoms with van der Waals surface area (Å²) < 4.78 is 10.8. The van der Waals surface area contributed by atoms with E-state index in [4.69, 9.17) is 9.47 Å². The third kappa shape index (κ3) is 1.70. The summed E-state index contributed by atoms with van der Waals surface area (Å²) in [6.45, 7) is 3.14. The van der Waals surface area contributed by atoms with Crippen LogP contribution in [0.5, 0.6) is 5.75 Å². The molecule has 1 saturated heterocycles. The number of nitrogens with zero attached hydrogens (tertiary/aromatic N) is 3. The summed E-state index contributed by atoms with van der Waals surface area (Å²) in [5.74, 6) is 1.64. The normalized spacial score (nSPS) is 16.4. The SMILES string of the molecule is COc1c(N2CCOCC2)ncc2[nH]ncc12. The Morgan fingerprint density at radius 2 is 2.18 bits per heavy atom. The Balaban J connectivity index is 2.07. The fourth-order valence-corrected chi connectivity index (χ4v) is 2.08. The molecule has 6 nitrogen and oxygen atoms in total. The molecule has 2 aromatic heterocycles. The van der Waals surface area contributed by atoms with Crippen molar-refractivity contribution in [2.45, 2.75) is 0 Å². The molecule has 1 aliphatic heterocycles. The molecular formula is C11H14N4O2. The van der Waals surface area contributed by atoms with Gasteiger partial charge < -0.3 is 14.4 Å². The number of anilines is 1. The predicted molar refractivity (Wildman–Crippen MR) is 63.5 cm³/mol. The summed E-state index contributed by atoms with van der Waals surface area (Å²) in [4.78, 5) is 6.62. The molecule has 0 amide bonds. The number of morpholine rings is 1. The van der Waals surface area contributed by atoms with Crippen LogP contribution in [-0.4, -0.2) is 48.6 Å². The van der Waals surface area contributed by atoms with Crippen molar-refractivity contribution >= 4 is 16.7 Å². The maximum absolute atomic E-state index is 5.47. The highest BCUT2D eigenvalue weighted by Gasteiger charge is 2.19. The van der Waals surface area contributed by atoms with Gasteiger partial charge in [-0.15, -0.1) is 0 Å². The van der Waals surface area contributed by atoms with Crippen molar-refractivity contribution in [3.8, 4) is 5.75 Å². The first kappa shape index (κ1) is 10.3. The Labute approximate surface area is 98.5 Å². The molecule has 0 radical (unpaired) electrons. The Morgan fingerprint density at radius 3 is 2.94 bits per heavy atom. The van der Waals surface area contributed by atoms with Gasteiger partial charge in [-0.05, 0) is 0 Å². The van der Waals surface area contributed by atoms with E-state index in [9.17, 15) is 0 Å². The van der Waals surface area contributed by atoms with E-state index in [2.05, 4.69) is 20.1 Å². The summed E-state index contributed by atoms with van der Waals surface area (Å²) in [5.41, 5.74) is 0.888. The number of ether oxygens (including phenoxy) is 2. The molecule has 0 spiro atoms. The quantitative estimate of drug-likeness (QED) is 0.832. The second-order valence-electron chi connectivity index (χ2n) is 3.91. The van der Waals surface area contributed by atoms with Gasteiger partial charge >= 0.3 is 0 Å². The molecular weight excluding hydrogens is 220 g/mol. The van der Waals surface area contributed by atoms with Gasteiger partial charge in [0.05, 0.1) is 43.6 Å². The number of pyridine rings is 1. The van der Waals surface area contributed by atoms with Gasteiger partial charge in [-0.2, -0.15) is 5.10 Å². The van der Waals surface area contributed by atoms with E-state index in [1.807, 2.05) is 0 Å². The third-order valence-corrected chi connectivity index (χ3v) is 2.95. The van der Waals surface area contributed by atoms with E-state index >= 15 is 0 Å². The fourth-order valence-electron chi connectivity index (χ4n) is 2.08. The van der Waals surface area contributed by atoms with E-state index in [0.29, 0.717) is 0 Å². The molecule has 0 aromatic carbocycles. The van der Waals surface area contributed by atoms with Crippen LogP contribution in [0.15, 0.2) is 12.4 Å². The predicted octanol–water partition coefficient (Wildman–Crippen LogP) is 0.803. The number of methoxy groups -OCH3 is 1. The van der Waals surface area contributed by atoms with E-state index in [1.54, 1.807) is 19.5 Å². The van der Waals surface area contributed by atoms with Gasteiger partial charge in [-0.1, -0.05) is 0 Å². The number of hydrogen-bond acceptors (Lipinski definition) is 5.